The van der Waals surface area contributed by atoms with Crippen LogP contribution in [-0.2, 0) is 19.5 Å². The molecule has 2 N–H and O–H groups in total. The Bertz CT molecular complexity index is 1160. The Hall–Kier alpha value is -2.19. The van der Waals surface area contributed by atoms with Gasteiger partial charge in [-0.15, -0.1) is 11.3 Å². The quantitative estimate of drug-likeness (QED) is 0.482. The van der Waals surface area contributed by atoms with Crippen molar-refractivity contribution in [1.29, 1.82) is 0 Å². The summed E-state index contributed by atoms with van der Waals surface area (Å²) in [5, 5.41) is 15.4. The molecule has 1 amide bonds. The first kappa shape index (κ1) is 28.4. The maximum Gasteiger partial charge on any atom is 0.410 e. The third kappa shape index (κ3) is 7.19. The number of likely N-dealkylation sites (tertiary alicyclic amines) is 1. The SMILES string of the molecule is CC(C)(C)OC(=O)N1CC[C@@H](Nc2ncc(S(=O)(=O)N(c3cscn3)C(O)OC(C)(C)C)cc2Cl)C1. The van der Waals surface area contributed by atoms with Crippen LogP contribution in [0.4, 0.5) is 16.4 Å². The molecule has 0 aromatic carbocycles. The zero-order valence-electron chi connectivity index (χ0n) is 21.1. The van der Waals surface area contributed by atoms with E-state index in [4.69, 9.17) is 21.1 Å². The molecule has 1 unspecified atom stereocenters. The van der Waals surface area contributed by atoms with Crippen LogP contribution in [0, 0.1) is 0 Å². The molecule has 0 radical (unpaired) electrons. The van der Waals surface area contributed by atoms with Crippen LogP contribution >= 0.6 is 22.9 Å². The van der Waals surface area contributed by atoms with E-state index in [1.165, 1.54) is 28.3 Å². The monoisotopic (exact) mass is 561 g/mol. The molecule has 1 aliphatic heterocycles. The van der Waals surface area contributed by atoms with Gasteiger partial charge in [-0.2, -0.15) is 4.31 Å². The highest BCUT2D eigenvalue weighted by atomic mass is 35.5. The number of aliphatic hydroxyl groups is 1. The number of thiazole rings is 1. The van der Waals surface area contributed by atoms with Gasteiger partial charge in [-0.3, -0.25) is 0 Å². The summed E-state index contributed by atoms with van der Waals surface area (Å²) in [5.74, 6) is 0.279. The second-order valence-electron chi connectivity index (χ2n) is 10.3. The number of anilines is 2. The van der Waals surface area contributed by atoms with Crippen molar-refractivity contribution >= 4 is 50.7 Å². The van der Waals surface area contributed by atoms with Crippen molar-refractivity contribution in [3.05, 3.63) is 28.2 Å². The molecular weight excluding hydrogens is 530 g/mol. The molecule has 1 aliphatic rings. The number of nitrogens with one attached hydrogen (secondary N) is 1. The minimum absolute atomic E-state index is 0.00302. The number of carbonyl (C=O) groups excluding carboxylic acids is 1. The Balaban J connectivity index is 1.78. The summed E-state index contributed by atoms with van der Waals surface area (Å²) in [6, 6.07) is 1.11. The van der Waals surface area contributed by atoms with Crippen molar-refractivity contribution in [2.24, 2.45) is 0 Å². The van der Waals surface area contributed by atoms with E-state index in [0.29, 0.717) is 23.8 Å². The Morgan fingerprint density at radius 1 is 1.28 bits per heavy atom. The summed E-state index contributed by atoms with van der Waals surface area (Å²) in [6.07, 6.45) is -0.435. The highest BCUT2D eigenvalue weighted by molar-refractivity contribution is 7.92. The molecule has 2 aromatic heterocycles. The van der Waals surface area contributed by atoms with Gasteiger partial charge in [0.2, 0.25) is 0 Å². The van der Waals surface area contributed by atoms with Gasteiger partial charge in [-0.25, -0.2) is 23.2 Å². The average Bonchev–Trinajstić information content (AvgIpc) is 3.39. The van der Waals surface area contributed by atoms with Crippen molar-refractivity contribution in [1.82, 2.24) is 14.9 Å². The number of amides is 1. The fraction of sp³-hybridized carbons (Fsp3) is 0.591. The van der Waals surface area contributed by atoms with Crippen molar-refractivity contribution < 1.29 is 27.8 Å². The number of nitrogens with zero attached hydrogens (tertiary/aromatic N) is 4. The van der Waals surface area contributed by atoms with E-state index in [-0.39, 0.29) is 27.6 Å². The van der Waals surface area contributed by atoms with Gasteiger partial charge in [0.25, 0.3) is 16.4 Å². The van der Waals surface area contributed by atoms with Gasteiger partial charge in [-0.05, 0) is 54.0 Å². The van der Waals surface area contributed by atoms with E-state index >= 15 is 0 Å². The standard InChI is InChI=1S/C22H32ClN5O6S2/c1-21(2,3)33-19(29)27-8-7-14(11-27)26-18-16(23)9-15(10-24-18)36(31,32)28(17-12-35-13-25-17)20(30)34-22(4,5)6/h9-10,12-14,20,30H,7-8,11H2,1-6H3,(H,24,26)/t14-,20?/m1/s1. The third-order valence-corrected chi connectivity index (χ3v) is 7.42. The molecule has 0 spiro atoms. The molecule has 1 saturated heterocycles. The number of aromatic nitrogens is 2. The summed E-state index contributed by atoms with van der Waals surface area (Å²) in [4.78, 5) is 21.9. The number of hydrogen-bond donors (Lipinski definition) is 2. The summed E-state index contributed by atoms with van der Waals surface area (Å²) < 4.78 is 38.5. The van der Waals surface area contributed by atoms with Gasteiger partial charge < -0.3 is 24.8 Å². The summed E-state index contributed by atoms with van der Waals surface area (Å²) in [5.41, 5.74) is 0.0239. The number of pyridine rings is 1. The smallest absolute Gasteiger partial charge is 0.410 e. The Morgan fingerprint density at radius 2 is 1.97 bits per heavy atom. The van der Waals surface area contributed by atoms with Gasteiger partial charge in [0, 0.05) is 30.7 Å². The molecule has 1 fully saturated rings. The molecular formula is C22H32ClN5O6S2. The van der Waals surface area contributed by atoms with E-state index < -0.39 is 33.7 Å². The number of ether oxygens (including phenoxy) is 2. The van der Waals surface area contributed by atoms with Crippen LogP contribution in [0.1, 0.15) is 48.0 Å². The van der Waals surface area contributed by atoms with Crippen molar-refractivity contribution in [3.8, 4) is 0 Å². The summed E-state index contributed by atoms with van der Waals surface area (Å²) in [7, 11) is -4.34. The zero-order chi connectivity index (χ0) is 26.9. The molecule has 36 heavy (non-hydrogen) atoms. The van der Waals surface area contributed by atoms with Gasteiger partial charge in [0.1, 0.15) is 16.3 Å². The van der Waals surface area contributed by atoms with Crippen LogP contribution in [0.2, 0.25) is 5.02 Å². The Kier molecular flexibility index (Phi) is 8.40. The lowest BCUT2D eigenvalue weighted by Crippen LogP contribution is -2.45. The lowest BCUT2D eigenvalue weighted by atomic mass is 10.2. The number of halogens is 1. The van der Waals surface area contributed by atoms with Crippen LogP contribution in [0.5, 0.6) is 0 Å². The van der Waals surface area contributed by atoms with Crippen molar-refractivity contribution in [2.45, 2.75) is 76.5 Å². The molecule has 3 heterocycles. The van der Waals surface area contributed by atoms with Crippen LogP contribution in [-0.4, -0.2) is 71.2 Å². The number of rotatable bonds is 7. The predicted octanol–water partition coefficient (Wildman–Crippen LogP) is 3.90. The lowest BCUT2D eigenvalue weighted by molar-refractivity contribution is -0.157. The van der Waals surface area contributed by atoms with E-state index in [1.807, 2.05) is 0 Å². The Labute approximate surface area is 220 Å². The minimum atomic E-state index is -4.34. The number of carbonyl (C=O) groups is 1. The maximum atomic E-state index is 13.5. The van der Waals surface area contributed by atoms with Crippen LogP contribution in [0.25, 0.3) is 0 Å². The second-order valence-corrected chi connectivity index (χ2v) is 13.2. The van der Waals surface area contributed by atoms with E-state index in [0.717, 1.165) is 6.20 Å². The molecule has 0 aliphatic carbocycles. The molecule has 14 heteroatoms. The summed E-state index contributed by atoms with van der Waals surface area (Å²) in [6.45, 7) is 11.4. The first-order chi connectivity index (χ1) is 16.6. The molecule has 2 atom stereocenters. The summed E-state index contributed by atoms with van der Waals surface area (Å²) >= 11 is 7.57. The maximum absolute atomic E-state index is 13.5. The van der Waals surface area contributed by atoms with Crippen LogP contribution < -0.4 is 9.62 Å². The van der Waals surface area contributed by atoms with E-state index in [1.54, 1.807) is 46.4 Å². The predicted molar refractivity (Wildman–Crippen MR) is 138 cm³/mol. The molecule has 2 aromatic rings. The van der Waals surface area contributed by atoms with Crippen LogP contribution in [0.15, 0.2) is 28.0 Å². The molecule has 11 nitrogen and oxygen atoms in total. The lowest BCUT2D eigenvalue weighted by Gasteiger charge is -2.31. The molecule has 3 rings (SSSR count). The highest BCUT2D eigenvalue weighted by Crippen LogP contribution is 2.31. The molecule has 0 bridgehead atoms. The normalized spacial score (nSPS) is 17.7. The van der Waals surface area contributed by atoms with E-state index in [9.17, 15) is 18.3 Å². The zero-order valence-corrected chi connectivity index (χ0v) is 23.4. The van der Waals surface area contributed by atoms with Gasteiger partial charge in [0.05, 0.1) is 16.1 Å². The first-order valence-corrected chi connectivity index (χ1v) is 14.0. The first-order valence-electron chi connectivity index (χ1n) is 11.3. The minimum Gasteiger partial charge on any atom is -0.444 e. The molecule has 0 saturated carbocycles. The fourth-order valence-electron chi connectivity index (χ4n) is 3.38. The number of aliphatic hydroxyl groups excluding tert-OH is 1. The van der Waals surface area contributed by atoms with Crippen molar-refractivity contribution in [2.75, 3.05) is 22.7 Å². The highest BCUT2D eigenvalue weighted by Gasteiger charge is 2.36. The van der Waals surface area contributed by atoms with Gasteiger partial charge in [-0.1, -0.05) is 11.6 Å². The van der Waals surface area contributed by atoms with Gasteiger partial charge >= 0.3 is 6.09 Å². The molecule has 200 valence electrons. The second kappa shape index (κ2) is 10.7. The van der Waals surface area contributed by atoms with Crippen molar-refractivity contribution in [3.63, 3.8) is 0 Å². The van der Waals surface area contributed by atoms with Gasteiger partial charge in [0.15, 0.2) is 5.82 Å². The topological polar surface area (TPSA) is 134 Å². The fourth-order valence-corrected chi connectivity index (χ4v) is 5.56. The third-order valence-electron chi connectivity index (χ3n) is 4.86. The largest absolute Gasteiger partial charge is 0.444 e. The Morgan fingerprint density at radius 3 is 2.53 bits per heavy atom. The average molecular weight is 562 g/mol. The number of sulfonamides is 1. The number of hydrogen-bond acceptors (Lipinski definition) is 10. The van der Waals surface area contributed by atoms with E-state index in [2.05, 4.69) is 15.3 Å². The van der Waals surface area contributed by atoms with Crippen LogP contribution in [0.3, 0.4) is 0 Å².